The summed E-state index contributed by atoms with van der Waals surface area (Å²) in [4.78, 5) is 4.40. The lowest BCUT2D eigenvalue weighted by atomic mass is 10.3. The Bertz CT molecular complexity index is 175. The first kappa shape index (κ1) is 8.09. The number of unbranched alkanes of at least 4 members (excludes halogenated alkanes) is 1. The Labute approximate surface area is 64.3 Å². The van der Waals surface area contributed by atoms with Gasteiger partial charge in [0.05, 0.1) is 6.61 Å². The SMILES string of the molecule is NOCCCCn1cnnn1. The summed E-state index contributed by atoms with van der Waals surface area (Å²) in [7, 11) is 0. The fourth-order valence-electron chi connectivity index (χ4n) is 0.742. The van der Waals surface area contributed by atoms with Crippen molar-refractivity contribution in [1.82, 2.24) is 20.2 Å². The summed E-state index contributed by atoms with van der Waals surface area (Å²) in [5.74, 6) is 4.84. The van der Waals surface area contributed by atoms with Crippen molar-refractivity contribution >= 4 is 0 Å². The molecule has 0 atom stereocenters. The second-order valence-electron chi connectivity index (χ2n) is 2.15. The van der Waals surface area contributed by atoms with Gasteiger partial charge in [-0.2, -0.15) is 0 Å². The molecule has 0 saturated carbocycles. The quantitative estimate of drug-likeness (QED) is 0.453. The Morgan fingerprint density at radius 1 is 1.45 bits per heavy atom. The van der Waals surface area contributed by atoms with Crippen molar-refractivity contribution in [2.24, 2.45) is 5.90 Å². The molecular weight excluding hydrogens is 146 g/mol. The van der Waals surface area contributed by atoms with Crippen LogP contribution in [0.3, 0.4) is 0 Å². The number of aromatic nitrogens is 4. The first-order valence-corrected chi connectivity index (χ1v) is 3.46. The highest BCUT2D eigenvalue weighted by molar-refractivity contribution is 4.46. The summed E-state index contributed by atoms with van der Waals surface area (Å²) in [6.45, 7) is 1.40. The Hall–Kier alpha value is -1.01. The summed E-state index contributed by atoms with van der Waals surface area (Å²) in [5.41, 5.74) is 0. The van der Waals surface area contributed by atoms with Crippen LogP contribution in [0.25, 0.3) is 0 Å². The lowest BCUT2D eigenvalue weighted by Crippen LogP contribution is -2.04. The first-order valence-electron chi connectivity index (χ1n) is 3.46. The first-order chi connectivity index (χ1) is 5.43. The zero-order valence-corrected chi connectivity index (χ0v) is 6.18. The van der Waals surface area contributed by atoms with Gasteiger partial charge in [0.15, 0.2) is 0 Å². The number of nitrogens with zero attached hydrogens (tertiary/aromatic N) is 4. The zero-order valence-electron chi connectivity index (χ0n) is 6.18. The number of rotatable bonds is 5. The molecule has 0 radical (unpaired) electrons. The maximum absolute atomic E-state index is 4.84. The molecule has 1 aromatic rings. The van der Waals surface area contributed by atoms with E-state index in [9.17, 15) is 0 Å². The van der Waals surface area contributed by atoms with Crippen molar-refractivity contribution in [3.63, 3.8) is 0 Å². The Morgan fingerprint density at radius 2 is 2.36 bits per heavy atom. The maximum atomic E-state index is 4.84. The molecule has 0 spiro atoms. The van der Waals surface area contributed by atoms with Crippen molar-refractivity contribution in [3.8, 4) is 0 Å². The van der Waals surface area contributed by atoms with Crippen molar-refractivity contribution in [1.29, 1.82) is 0 Å². The van der Waals surface area contributed by atoms with Gasteiger partial charge in [-0.3, -0.25) is 0 Å². The van der Waals surface area contributed by atoms with Crippen molar-refractivity contribution < 1.29 is 4.84 Å². The van der Waals surface area contributed by atoms with Gasteiger partial charge in [0.1, 0.15) is 6.33 Å². The molecule has 1 heterocycles. The van der Waals surface area contributed by atoms with Crippen LogP contribution in [0.1, 0.15) is 12.8 Å². The Morgan fingerprint density at radius 3 is 3.00 bits per heavy atom. The number of aryl methyl sites for hydroxylation is 1. The predicted molar refractivity (Wildman–Crippen MR) is 37.2 cm³/mol. The molecule has 2 N–H and O–H groups in total. The number of tetrazole rings is 1. The third-order valence-corrected chi connectivity index (χ3v) is 1.29. The van der Waals surface area contributed by atoms with Gasteiger partial charge in [-0.15, -0.1) is 5.10 Å². The second-order valence-corrected chi connectivity index (χ2v) is 2.15. The molecule has 0 bridgehead atoms. The van der Waals surface area contributed by atoms with E-state index in [1.807, 2.05) is 0 Å². The van der Waals surface area contributed by atoms with Crippen molar-refractivity contribution in [3.05, 3.63) is 6.33 Å². The molecule has 11 heavy (non-hydrogen) atoms. The molecule has 1 aromatic heterocycles. The average Bonchev–Trinajstić information content (AvgIpc) is 2.50. The fraction of sp³-hybridized carbons (Fsp3) is 0.800. The van der Waals surface area contributed by atoms with E-state index in [-0.39, 0.29) is 0 Å². The van der Waals surface area contributed by atoms with Gasteiger partial charge in [0.2, 0.25) is 0 Å². The molecule has 0 fully saturated rings. The Balaban J connectivity index is 2.04. The normalized spacial score (nSPS) is 10.3. The highest BCUT2D eigenvalue weighted by atomic mass is 16.6. The fourth-order valence-corrected chi connectivity index (χ4v) is 0.742. The van der Waals surface area contributed by atoms with Crippen LogP contribution in [-0.2, 0) is 11.4 Å². The molecule has 0 aromatic carbocycles. The number of nitrogens with two attached hydrogens (primary N) is 1. The molecule has 0 amide bonds. The topological polar surface area (TPSA) is 78.9 Å². The van der Waals surface area contributed by atoms with Crippen LogP contribution < -0.4 is 5.90 Å². The standard InChI is InChI=1S/C5H11N5O/c6-11-4-2-1-3-10-5-7-8-9-10/h5H,1-4,6H2. The lowest BCUT2D eigenvalue weighted by Gasteiger charge is -1.97. The monoisotopic (exact) mass is 157 g/mol. The van der Waals surface area contributed by atoms with Gasteiger partial charge < -0.3 is 4.84 Å². The number of hydrogen-bond acceptors (Lipinski definition) is 5. The molecular formula is C5H11N5O. The summed E-state index contributed by atoms with van der Waals surface area (Å²) in [6.07, 6.45) is 3.49. The van der Waals surface area contributed by atoms with E-state index < -0.39 is 0 Å². The average molecular weight is 157 g/mol. The molecule has 6 nitrogen and oxygen atoms in total. The van der Waals surface area contributed by atoms with Crippen LogP contribution >= 0.6 is 0 Å². The molecule has 6 heteroatoms. The van der Waals surface area contributed by atoms with Crippen LogP contribution in [0.2, 0.25) is 0 Å². The van der Waals surface area contributed by atoms with Crippen molar-refractivity contribution in [2.45, 2.75) is 19.4 Å². The van der Waals surface area contributed by atoms with Crippen LogP contribution in [-0.4, -0.2) is 26.8 Å². The van der Waals surface area contributed by atoms with E-state index in [0.717, 1.165) is 19.4 Å². The molecule has 0 aliphatic rings. The van der Waals surface area contributed by atoms with E-state index in [4.69, 9.17) is 5.90 Å². The molecule has 0 saturated heterocycles. The van der Waals surface area contributed by atoms with E-state index in [1.54, 1.807) is 11.0 Å². The summed E-state index contributed by atoms with van der Waals surface area (Å²) >= 11 is 0. The highest BCUT2D eigenvalue weighted by Gasteiger charge is 1.91. The van der Waals surface area contributed by atoms with E-state index in [2.05, 4.69) is 20.4 Å². The summed E-state index contributed by atoms with van der Waals surface area (Å²) in [5, 5.41) is 10.7. The molecule has 0 aliphatic heterocycles. The lowest BCUT2D eigenvalue weighted by molar-refractivity contribution is 0.132. The van der Waals surface area contributed by atoms with Crippen LogP contribution in [0.5, 0.6) is 0 Å². The zero-order chi connectivity index (χ0) is 7.94. The predicted octanol–water partition coefficient (Wildman–Crippen LogP) is -0.656. The van der Waals surface area contributed by atoms with Crippen molar-refractivity contribution in [2.75, 3.05) is 6.61 Å². The maximum Gasteiger partial charge on any atom is 0.138 e. The third kappa shape index (κ3) is 3.06. The minimum Gasteiger partial charge on any atom is -0.305 e. The summed E-state index contributed by atoms with van der Waals surface area (Å²) < 4.78 is 1.68. The molecule has 1 rings (SSSR count). The van der Waals surface area contributed by atoms with Gasteiger partial charge >= 0.3 is 0 Å². The van der Waals surface area contributed by atoms with Gasteiger partial charge in [0.25, 0.3) is 0 Å². The number of hydrogen-bond donors (Lipinski definition) is 1. The van der Waals surface area contributed by atoms with Gasteiger partial charge in [-0.1, -0.05) is 0 Å². The van der Waals surface area contributed by atoms with Gasteiger partial charge in [-0.25, -0.2) is 10.6 Å². The smallest absolute Gasteiger partial charge is 0.138 e. The minimum absolute atomic E-state index is 0.585. The van der Waals surface area contributed by atoms with Crippen LogP contribution in [0.4, 0.5) is 0 Å². The minimum atomic E-state index is 0.585. The largest absolute Gasteiger partial charge is 0.305 e. The van der Waals surface area contributed by atoms with Gasteiger partial charge in [-0.05, 0) is 23.3 Å². The highest BCUT2D eigenvalue weighted by Crippen LogP contribution is 1.91. The van der Waals surface area contributed by atoms with E-state index in [0.29, 0.717) is 6.61 Å². The molecule has 62 valence electrons. The third-order valence-electron chi connectivity index (χ3n) is 1.29. The Kier molecular flexibility index (Phi) is 3.49. The van der Waals surface area contributed by atoms with E-state index in [1.165, 1.54) is 0 Å². The van der Waals surface area contributed by atoms with Crippen LogP contribution in [0.15, 0.2) is 6.33 Å². The van der Waals surface area contributed by atoms with E-state index >= 15 is 0 Å². The second kappa shape index (κ2) is 4.75. The molecule has 0 unspecified atom stereocenters. The van der Waals surface area contributed by atoms with Gasteiger partial charge in [0, 0.05) is 6.54 Å². The summed E-state index contributed by atoms with van der Waals surface area (Å²) in [6, 6.07) is 0. The van der Waals surface area contributed by atoms with Crippen LogP contribution in [0, 0.1) is 0 Å². The molecule has 0 aliphatic carbocycles.